The Labute approximate surface area is 117 Å². The maximum absolute atomic E-state index is 11.9. The maximum Gasteiger partial charge on any atom is 0.328 e. The van der Waals surface area contributed by atoms with Crippen LogP contribution in [0.5, 0.6) is 0 Å². The second kappa shape index (κ2) is 7.36. The zero-order chi connectivity index (χ0) is 15.2. The number of aliphatic carboxylic acids is 1. The first-order chi connectivity index (χ1) is 9.36. The predicted molar refractivity (Wildman–Crippen MR) is 76.4 cm³/mol. The molecule has 0 radical (unpaired) electrons. The van der Waals surface area contributed by atoms with Crippen LogP contribution in [0.2, 0.25) is 0 Å². The Morgan fingerprint density at radius 2 is 1.95 bits per heavy atom. The number of carbonyl (C=O) groups is 1. The van der Waals surface area contributed by atoms with Crippen LogP contribution >= 0.6 is 7.37 Å². The molecule has 0 aliphatic carbocycles. The fraction of sp³-hybridized carbons (Fsp3) is 0.308. The van der Waals surface area contributed by atoms with E-state index in [1.807, 2.05) is 0 Å². The molecule has 7 heteroatoms. The second-order valence-electron chi connectivity index (χ2n) is 4.33. The third-order valence-electron chi connectivity index (χ3n) is 2.72. The topological polar surface area (TPSA) is 121 Å². The highest BCUT2D eigenvalue weighted by atomic mass is 31.2. The number of carboxylic acids is 1. The van der Waals surface area contributed by atoms with E-state index in [0.29, 0.717) is 17.5 Å². The van der Waals surface area contributed by atoms with Crippen molar-refractivity contribution in [1.82, 2.24) is 0 Å². The Kier molecular flexibility index (Phi) is 6.10. The van der Waals surface area contributed by atoms with Crippen LogP contribution in [0.1, 0.15) is 23.4 Å². The molecule has 6 nitrogen and oxygen atoms in total. The molecule has 0 fully saturated rings. The van der Waals surface area contributed by atoms with Crippen LogP contribution in [0, 0.1) is 0 Å². The van der Waals surface area contributed by atoms with Crippen LogP contribution in [0.3, 0.4) is 0 Å². The summed E-state index contributed by atoms with van der Waals surface area (Å²) in [5.41, 5.74) is 6.23. The summed E-state index contributed by atoms with van der Waals surface area (Å²) >= 11 is 0. The molecule has 0 amide bonds. The first-order valence-corrected chi connectivity index (χ1v) is 7.99. The zero-order valence-electron chi connectivity index (χ0n) is 10.8. The molecule has 0 bridgehead atoms. The highest BCUT2D eigenvalue weighted by Crippen LogP contribution is 2.54. The quantitative estimate of drug-likeness (QED) is 0.446. The molecule has 1 rings (SSSR count). The Hall–Kier alpha value is -1.46. The summed E-state index contributed by atoms with van der Waals surface area (Å²) in [7, 11) is -3.70. The molecule has 0 aromatic heterocycles. The lowest BCUT2D eigenvalue weighted by Crippen LogP contribution is -2.07. The number of hydrogen-bond donors (Lipinski definition) is 4. The van der Waals surface area contributed by atoms with Crippen molar-refractivity contribution in [2.24, 2.45) is 5.73 Å². The molecule has 1 aromatic rings. The van der Waals surface area contributed by atoms with E-state index in [4.69, 9.17) is 10.8 Å². The molecular formula is C13H18NO5P. The normalized spacial score (nSPS) is 15.9. The number of hydrogen-bond acceptors (Lipinski definition) is 4. The molecule has 0 aliphatic heterocycles. The molecule has 0 saturated carbocycles. The molecule has 1 aromatic carbocycles. The minimum absolute atomic E-state index is 0.0364. The molecule has 2 unspecified atom stereocenters. The average molecular weight is 299 g/mol. The van der Waals surface area contributed by atoms with Crippen molar-refractivity contribution >= 4 is 19.4 Å². The number of carboxylic acid groups (broad SMARTS) is 1. The summed E-state index contributed by atoms with van der Waals surface area (Å²) in [5.74, 6) is -2.51. The molecule has 20 heavy (non-hydrogen) atoms. The highest BCUT2D eigenvalue weighted by molar-refractivity contribution is 7.58. The summed E-state index contributed by atoms with van der Waals surface area (Å²) in [6.45, 7) is 0.288. The lowest BCUT2D eigenvalue weighted by molar-refractivity contribution is -0.131. The van der Waals surface area contributed by atoms with Gasteiger partial charge in [0.1, 0.15) is 0 Å². The average Bonchev–Trinajstić information content (AvgIpc) is 2.42. The number of aliphatic hydroxyl groups is 1. The smallest absolute Gasteiger partial charge is 0.328 e. The van der Waals surface area contributed by atoms with Gasteiger partial charge in [-0.3, -0.25) is 4.57 Å². The van der Waals surface area contributed by atoms with Crippen molar-refractivity contribution in [1.29, 1.82) is 0 Å². The van der Waals surface area contributed by atoms with E-state index in [0.717, 1.165) is 6.08 Å². The maximum atomic E-state index is 11.9. The van der Waals surface area contributed by atoms with Crippen LogP contribution in [0.15, 0.2) is 30.3 Å². The second-order valence-corrected chi connectivity index (χ2v) is 6.78. The summed E-state index contributed by atoms with van der Waals surface area (Å²) in [6, 6.07) is 6.14. The van der Waals surface area contributed by atoms with Gasteiger partial charge in [-0.05, 0) is 30.2 Å². The van der Waals surface area contributed by atoms with E-state index in [1.54, 1.807) is 12.1 Å². The Bertz CT molecular complexity index is 526. The summed E-state index contributed by atoms with van der Waals surface area (Å²) in [4.78, 5) is 20.1. The molecule has 2 atom stereocenters. The fourth-order valence-electron chi connectivity index (χ4n) is 1.62. The highest BCUT2D eigenvalue weighted by Gasteiger charge is 2.29. The predicted octanol–water partition coefficient (Wildman–Crippen LogP) is 1.39. The Morgan fingerprint density at radius 1 is 1.35 bits per heavy atom. The number of nitrogens with two attached hydrogens (primary N) is 1. The summed E-state index contributed by atoms with van der Waals surface area (Å²) < 4.78 is 11.9. The molecule has 110 valence electrons. The van der Waals surface area contributed by atoms with Crippen LogP contribution in [0.4, 0.5) is 0 Å². The van der Waals surface area contributed by atoms with Gasteiger partial charge in [-0.1, -0.05) is 24.3 Å². The number of benzene rings is 1. The molecule has 0 heterocycles. The van der Waals surface area contributed by atoms with Crippen molar-refractivity contribution in [3.05, 3.63) is 41.5 Å². The van der Waals surface area contributed by atoms with Crippen LogP contribution in [-0.4, -0.2) is 33.8 Å². The van der Waals surface area contributed by atoms with E-state index in [2.05, 4.69) is 0 Å². The van der Waals surface area contributed by atoms with Crippen LogP contribution < -0.4 is 5.73 Å². The fourth-order valence-corrected chi connectivity index (χ4v) is 3.14. The molecule has 5 N–H and O–H groups in total. The SMILES string of the molecule is NCCCP(=O)(O)C(O)c1ccc(/C=C/C(=O)O)cc1. The van der Waals surface area contributed by atoms with E-state index < -0.39 is 19.2 Å². The third-order valence-corrected chi connectivity index (χ3v) is 4.74. The van der Waals surface area contributed by atoms with E-state index in [-0.39, 0.29) is 12.7 Å². The Morgan fingerprint density at radius 3 is 2.45 bits per heavy atom. The van der Waals surface area contributed by atoms with Gasteiger partial charge in [-0.25, -0.2) is 4.79 Å². The largest absolute Gasteiger partial charge is 0.478 e. The molecule has 0 spiro atoms. The lowest BCUT2D eigenvalue weighted by atomic mass is 10.1. The molecule has 0 aliphatic rings. The Balaban J connectivity index is 2.82. The van der Waals surface area contributed by atoms with Gasteiger partial charge in [-0.2, -0.15) is 0 Å². The molecular weight excluding hydrogens is 281 g/mol. The lowest BCUT2D eigenvalue weighted by Gasteiger charge is -2.18. The van der Waals surface area contributed by atoms with Gasteiger partial charge in [-0.15, -0.1) is 0 Å². The van der Waals surface area contributed by atoms with Crippen molar-refractivity contribution in [3.63, 3.8) is 0 Å². The monoisotopic (exact) mass is 299 g/mol. The first kappa shape index (κ1) is 16.6. The van der Waals surface area contributed by atoms with Gasteiger partial charge in [0, 0.05) is 12.2 Å². The van der Waals surface area contributed by atoms with Crippen LogP contribution in [-0.2, 0) is 9.36 Å². The van der Waals surface area contributed by atoms with E-state index >= 15 is 0 Å². The van der Waals surface area contributed by atoms with E-state index in [1.165, 1.54) is 18.2 Å². The number of rotatable bonds is 7. The van der Waals surface area contributed by atoms with E-state index in [9.17, 15) is 19.4 Å². The zero-order valence-corrected chi connectivity index (χ0v) is 11.7. The van der Waals surface area contributed by atoms with Crippen LogP contribution in [0.25, 0.3) is 6.08 Å². The standard InChI is InChI=1S/C13H18NO5P/c14-8-1-9-20(18,19)13(17)11-5-2-10(3-6-11)4-7-12(15)16/h2-7,13,17H,1,8-9,14H2,(H,15,16)(H,18,19)/b7-4+. The third kappa shape index (κ3) is 4.90. The van der Waals surface area contributed by atoms with Crippen molar-refractivity contribution in [2.45, 2.75) is 12.3 Å². The van der Waals surface area contributed by atoms with Gasteiger partial charge >= 0.3 is 5.97 Å². The van der Waals surface area contributed by atoms with Crippen molar-refractivity contribution in [2.75, 3.05) is 12.7 Å². The van der Waals surface area contributed by atoms with Gasteiger partial charge < -0.3 is 20.8 Å². The van der Waals surface area contributed by atoms with Gasteiger partial charge in [0.25, 0.3) is 0 Å². The number of aliphatic hydroxyl groups excluding tert-OH is 1. The first-order valence-electron chi connectivity index (χ1n) is 6.07. The summed E-state index contributed by atoms with van der Waals surface area (Å²) in [6.07, 6.45) is 2.71. The summed E-state index contributed by atoms with van der Waals surface area (Å²) in [5, 5.41) is 18.4. The van der Waals surface area contributed by atoms with Gasteiger partial charge in [0.05, 0.1) is 0 Å². The van der Waals surface area contributed by atoms with Gasteiger partial charge in [0.2, 0.25) is 7.37 Å². The van der Waals surface area contributed by atoms with Gasteiger partial charge in [0.15, 0.2) is 5.85 Å². The van der Waals surface area contributed by atoms with Crippen molar-refractivity contribution < 1.29 is 24.5 Å². The minimum atomic E-state index is -3.70. The minimum Gasteiger partial charge on any atom is -0.478 e. The molecule has 0 saturated heterocycles. The van der Waals surface area contributed by atoms with Crippen molar-refractivity contribution in [3.8, 4) is 0 Å².